The zero-order chi connectivity index (χ0) is 16.3. The first-order valence-electron chi connectivity index (χ1n) is 7.65. The molecule has 1 heterocycles. The van der Waals surface area contributed by atoms with Crippen molar-refractivity contribution in [2.75, 3.05) is 6.54 Å². The SMILES string of the molecule is O=C1NC(=O)[C@](CNC(=O)OCc2ccccc2)(CC2CC2)N1. The summed E-state index contributed by atoms with van der Waals surface area (Å²) in [7, 11) is 0. The first kappa shape index (κ1) is 15.3. The molecule has 23 heavy (non-hydrogen) atoms. The van der Waals surface area contributed by atoms with Gasteiger partial charge in [-0.15, -0.1) is 0 Å². The maximum atomic E-state index is 12.1. The maximum Gasteiger partial charge on any atom is 0.407 e. The van der Waals surface area contributed by atoms with E-state index in [1.165, 1.54) is 0 Å². The Labute approximate surface area is 133 Å². The van der Waals surface area contributed by atoms with Crippen molar-refractivity contribution in [3.05, 3.63) is 35.9 Å². The molecule has 122 valence electrons. The van der Waals surface area contributed by atoms with E-state index >= 15 is 0 Å². The smallest absolute Gasteiger partial charge is 0.407 e. The third-order valence-corrected chi connectivity index (χ3v) is 4.10. The summed E-state index contributed by atoms with van der Waals surface area (Å²) in [5, 5.41) is 7.47. The van der Waals surface area contributed by atoms with Gasteiger partial charge in [-0.25, -0.2) is 9.59 Å². The van der Waals surface area contributed by atoms with Gasteiger partial charge in [0, 0.05) is 0 Å². The van der Waals surface area contributed by atoms with E-state index in [2.05, 4.69) is 16.0 Å². The molecule has 1 aliphatic heterocycles. The molecule has 1 saturated carbocycles. The van der Waals surface area contributed by atoms with Crippen molar-refractivity contribution in [2.24, 2.45) is 5.92 Å². The Kier molecular flexibility index (Phi) is 4.18. The topological polar surface area (TPSA) is 96.5 Å². The summed E-state index contributed by atoms with van der Waals surface area (Å²) in [5.74, 6) is 0.0269. The van der Waals surface area contributed by atoms with Crippen LogP contribution in [-0.2, 0) is 16.1 Å². The Morgan fingerprint density at radius 1 is 1.26 bits per heavy atom. The number of hydrogen-bond acceptors (Lipinski definition) is 4. The second-order valence-electron chi connectivity index (χ2n) is 6.05. The highest BCUT2D eigenvalue weighted by Crippen LogP contribution is 2.37. The van der Waals surface area contributed by atoms with Crippen molar-refractivity contribution in [3.8, 4) is 0 Å². The Morgan fingerprint density at radius 2 is 2.00 bits per heavy atom. The van der Waals surface area contributed by atoms with E-state index in [0.29, 0.717) is 12.3 Å². The van der Waals surface area contributed by atoms with Crippen LogP contribution < -0.4 is 16.0 Å². The molecule has 1 aromatic carbocycles. The fourth-order valence-corrected chi connectivity index (χ4v) is 2.68. The molecule has 3 rings (SSSR count). The summed E-state index contributed by atoms with van der Waals surface area (Å²) < 4.78 is 5.12. The molecule has 1 aromatic rings. The number of alkyl carbamates (subject to hydrolysis) is 1. The molecule has 4 amide bonds. The van der Waals surface area contributed by atoms with Gasteiger partial charge in [-0.05, 0) is 17.9 Å². The molecule has 2 fully saturated rings. The summed E-state index contributed by atoms with van der Waals surface area (Å²) in [4.78, 5) is 35.3. The number of nitrogens with one attached hydrogen (secondary N) is 3. The highest BCUT2D eigenvalue weighted by atomic mass is 16.5. The van der Waals surface area contributed by atoms with E-state index in [4.69, 9.17) is 4.74 Å². The Hall–Kier alpha value is -2.57. The van der Waals surface area contributed by atoms with Gasteiger partial charge in [0.1, 0.15) is 12.1 Å². The lowest BCUT2D eigenvalue weighted by molar-refractivity contribution is -0.124. The molecule has 0 aromatic heterocycles. The van der Waals surface area contributed by atoms with Crippen LogP contribution in [0.25, 0.3) is 0 Å². The molecule has 1 atom stereocenters. The first-order valence-corrected chi connectivity index (χ1v) is 7.65. The average Bonchev–Trinajstić information content (AvgIpc) is 3.30. The van der Waals surface area contributed by atoms with Crippen LogP contribution in [0, 0.1) is 5.92 Å². The standard InChI is InChI=1S/C16H19N3O4/c20-13-16(8-11-6-7-11,19-14(21)18-13)10-17-15(22)23-9-12-4-2-1-3-5-12/h1-5,11H,6-10H2,(H,17,22)(H2,18,19,20,21)/t16-/m1/s1. The van der Waals surface area contributed by atoms with Crippen LogP contribution in [0.15, 0.2) is 30.3 Å². The van der Waals surface area contributed by atoms with Crippen LogP contribution in [0.4, 0.5) is 9.59 Å². The largest absolute Gasteiger partial charge is 0.445 e. The zero-order valence-electron chi connectivity index (χ0n) is 12.6. The molecule has 1 aliphatic carbocycles. The van der Waals surface area contributed by atoms with Crippen molar-refractivity contribution < 1.29 is 19.1 Å². The van der Waals surface area contributed by atoms with Crippen molar-refractivity contribution >= 4 is 18.0 Å². The van der Waals surface area contributed by atoms with Crippen molar-refractivity contribution in [1.29, 1.82) is 0 Å². The van der Waals surface area contributed by atoms with E-state index in [1.54, 1.807) is 0 Å². The Bertz CT molecular complexity index is 615. The summed E-state index contributed by atoms with van der Waals surface area (Å²) in [5.41, 5.74) is -0.188. The normalized spacial score (nSPS) is 23.1. The van der Waals surface area contributed by atoms with Gasteiger partial charge < -0.3 is 15.4 Å². The van der Waals surface area contributed by atoms with E-state index in [-0.39, 0.29) is 13.2 Å². The van der Waals surface area contributed by atoms with Crippen LogP contribution in [0.2, 0.25) is 0 Å². The minimum Gasteiger partial charge on any atom is -0.445 e. The van der Waals surface area contributed by atoms with E-state index in [0.717, 1.165) is 18.4 Å². The van der Waals surface area contributed by atoms with E-state index in [1.807, 2.05) is 30.3 Å². The summed E-state index contributed by atoms with van der Waals surface area (Å²) in [6.45, 7) is 0.176. The molecule has 0 spiro atoms. The lowest BCUT2D eigenvalue weighted by atomic mass is 9.92. The maximum absolute atomic E-state index is 12.1. The molecule has 7 heteroatoms. The average molecular weight is 317 g/mol. The second kappa shape index (κ2) is 6.28. The van der Waals surface area contributed by atoms with Gasteiger partial charge in [0.2, 0.25) is 0 Å². The fraction of sp³-hybridized carbons (Fsp3) is 0.438. The lowest BCUT2D eigenvalue weighted by Crippen LogP contribution is -2.55. The number of benzene rings is 1. The molecule has 0 unspecified atom stereocenters. The van der Waals surface area contributed by atoms with Gasteiger partial charge >= 0.3 is 12.1 Å². The van der Waals surface area contributed by atoms with Gasteiger partial charge in [0.15, 0.2) is 0 Å². The minimum absolute atomic E-state index is 0.0225. The number of amides is 4. The molecule has 1 saturated heterocycles. The van der Waals surface area contributed by atoms with Gasteiger partial charge in [0.25, 0.3) is 5.91 Å². The summed E-state index contributed by atoms with van der Waals surface area (Å²) in [6.07, 6.45) is 2.01. The van der Waals surface area contributed by atoms with Gasteiger partial charge in [-0.2, -0.15) is 0 Å². The summed E-state index contributed by atoms with van der Waals surface area (Å²) in [6, 6.07) is 8.79. The molecule has 0 bridgehead atoms. The molecule has 3 N–H and O–H groups in total. The van der Waals surface area contributed by atoms with Crippen LogP contribution in [-0.4, -0.2) is 30.1 Å². The minimum atomic E-state index is -1.07. The number of carbonyl (C=O) groups is 3. The zero-order valence-corrected chi connectivity index (χ0v) is 12.6. The van der Waals surface area contributed by atoms with Crippen LogP contribution in [0.5, 0.6) is 0 Å². The van der Waals surface area contributed by atoms with Gasteiger partial charge in [-0.1, -0.05) is 43.2 Å². The number of urea groups is 1. The molecule has 2 aliphatic rings. The van der Waals surface area contributed by atoms with Crippen LogP contribution >= 0.6 is 0 Å². The Balaban J connectivity index is 1.53. The lowest BCUT2D eigenvalue weighted by Gasteiger charge is -2.26. The van der Waals surface area contributed by atoms with E-state index in [9.17, 15) is 14.4 Å². The molecular formula is C16H19N3O4. The predicted molar refractivity (Wildman–Crippen MR) is 81.4 cm³/mol. The van der Waals surface area contributed by atoms with Crippen LogP contribution in [0.3, 0.4) is 0 Å². The van der Waals surface area contributed by atoms with Crippen molar-refractivity contribution in [3.63, 3.8) is 0 Å². The highest BCUT2D eigenvalue weighted by Gasteiger charge is 2.49. The third-order valence-electron chi connectivity index (χ3n) is 4.10. The number of carbonyl (C=O) groups excluding carboxylic acids is 3. The first-order chi connectivity index (χ1) is 11.1. The number of hydrogen-bond donors (Lipinski definition) is 3. The molecular weight excluding hydrogens is 298 g/mol. The van der Waals surface area contributed by atoms with Gasteiger partial charge in [0.05, 0.1) is 6.54 Å². The Morgan fingerprint density at radius 3 is 2.61 bits per heavy atom. The quantitative estimate of drug-likeness (QED) is 0.689. The third kappa shape index (κ3) is 3.80. The van der Waals surface area contributed by atoms with E-state index < -0.39 is 23.6 Å². The van der Waals surface area contributed by atoms with Crippen molar-refractivity contribution in [2.45, 2.75) is 31.4 Å². The van der Waals surface area contributed by atoms with Crippen LogP contribution in [0.1, 0.15) is 24.8 Å². The summed E-state index contributed by atoms with van der Waals surface area (Å²) >= 11 is 0. The molecule has 7 nitrogen and oxygen atoms in total. The predicted octanol–water partition coefficient (Wildman–Crippen LogP) is 1.29. The van der Waals surface area contributed by atoms with Crippen molar-refractivity contribution in [1.82, 2.24) is 16.0 Å². The monoisotopic (exact) mass is 317 g/mol. The highest BCUT2D eigenvalue weighted by molar-refractivity contribution is 6.07. The number of imide groups is 1. The molecule has 0 radical (unpaired) electrons. The van der Waals surface area contributed by atoms with Gasteiger partial charge in [-0.3, -0.25) is 10.1 Å². The fourth-order valence-electron chi connectivity index (χ4n) is 2.68. The second-order valence-corrected chi connectivity index (χ2v) is 6.05. The number of rotatable bonds is 6. The number of ether oxygens (including phenoxy) is 1.